The van der Waals surface area contributed by atoms with Crippen molar-refractivity contribution in [3.63, 3.8) is 0 Å². The second kappa shape index (κ2) is 4.82. The first kappa shape index (κ1) is 10.8. The Kier molecular flexibility index (Phi) is 4.00. The third-order valence-corrected chi connectivity index (χ3v) is 2.67. The lowest BCUT2D eigenvalue weighted by molar-refractivity contribution is -0.133. The van der Waals surface area contributed by atoms with Gasteiger partial charge < -0.3 is 10.0 Å². The SMILES string of the molecule is CC(O)C1CCCN1C(=O)CCCl. The van der Waals surface area contributed by atoms with Gasteiger partial charge in [-0.3, -0.25) is 4.79 Å². The standard InChI is InChI=1S/C9H16ClNO2/c1-7(12)8-3-2-6-11(8)9(13)4-5-10/h7-8,12H,2-6H2,1H3. The highest BCUT2D eigenvalue weighted by Crippen LogP contribution is 2.20. The van der Waals surface area contributed by atoms with Crippen molar-refractivity contribution in [2.45, 2.75) is 38.3 Å². The van der Waals surface area contributed by atoms with E-state index in [-0.39, 0.29) is 11.9 Å². The molecule has 0 radical (unpaired) electrons. The molecule has 1 N–H and O–H groups in total. The zero-order valence-corrected chi connectivity index (χ0v) is 8.63. The highest BCUT2D eigenvalue weighted by atomic mass is 35.5. The van der Waals surface area contributed by atoms with Crippen molar-refractivity contribution in [2.75, 3.05) is 12.4 Å². The number of carbonyl (C=O) groups is 1. The van der Waals surface area contributed by atoms with Crippen LogP contribution in [0.4, 0.5) is 0 Å². The van der Waals surface area contributed by atoms with Crippen LogP contribution in [0.1, 0.15) is 26.2 Å². The highest BCUT2D eigenvalue weighted by molar-refractivity contribution is 6.18. The van der Waals surface area contributed by atoms with Crippen LogP contribution in [0.25, 0.3) is 0 Å². The summed E-state index contributed by atoms with van der Waals surface area (Å²) in [5, 5.41) is 9.41. The topological polar surface area (TPSA) is 40.5 Å². The Morgan fingerprint density at radius 3 is 3.00 bits per heavy atom. The molecule has 13 heavy (non-hydrogen) atoms. The normalized spacial score (nSPS) is 24.8. The van der Waals surface area contributed by atoms with Crippen molar-refractivity contribution in [1.29, 1.82) is 0 Å². The first-order chi connectivity index (χ1) is 6.16. The number of aliphatic hydroxyl groups is 1. The van der Waals surface area contributed by atoms with Crippen molar-refractivity contribution in [1.82, 2.24) is 4.90 Å². The van der Waals surface area contributed by atoms with Crippen LogP contribution in [0.15, 0.2) is 0 Å². The average molecular weight is 206 g/mol. The van der Waals surface area contributed by atoms with Crippen LogP contribution in [0.3, 0.4) is 0 Å². The molecule has 0 aromatic heterocycles. The summed E-state index contributed by atoms with van der Waals surface area (Å²) in [4.78, 5) is 13.2. The minimum absolute atomic E-state index is 0.00992. The lowest BCUT2D eigenvalue weighted by Gasteiger charge is -2.26. The number of carbonyl (C=O) groups excluding carboxylic acids is 1. The molecular weight excluding hydrogens is 190 g/mol. The Balaban J connectivity index is 2.52. The van der Waals surface area contributed by atoms with Crippen LogP contribution < -0.4 is 0 Å². The number of likely N-dealkylation sites (tertiary alicyclic amines) is 1. The average Bonchev–Trinajstić information content (AvgIpc) is 2.52. The fourth-order valence-corrected chi connectivity index (χ4v) is 1.99. The van der Waals surface area contributed by atoms with E-state index in [0.717, 1.165) is 19.4 Å². The van der Waals surface area contributed by atoms with Crippen molar-refractivity contribution in [2.24, 2.45) is 0 Å². The van der Waals surface area contributed by atoms with E-state index in [1.807, 2.05) is 0 Å². The summed E-state index contributed by atoms with van der Waals surface area (Å²) < 4.78 is 0. The van der Waals surface area contributed by atoms with Crippen LogP contribution in [-0.4, -0.2) is 40.5 Å². The molecule has 0 spiro atoms. The molecule has 0 saturated carbocycles. The number of hydrogen-bond donors (Lipinski definition) is 1. The molecule has 1 amide bonds. The molecule has 1 aliphatic heterocycles. The highest BCUT2D eigenvalue weighted by Gasteiger charge is 2.31. The molecule has 1 fully saturated rings. The van der Waals surface area contributed by atoms with Gasteiger partial charge in [0.05, 0.1) is 12.1 Å². The number of nitrogens with zero attached hydrogens (tertiary/aromatic N) is 1. The van der Waals surface area contributed by atoms with E-state index >= 15 is 0 Å². The summed E-state index contributed by atoms with van der Waals surface area (Å²) in [7, 11) is 0. The van der Waals surface area contributed by atoms with E-state index in [1.165, 1.54) is 0 Å². The van der Waals surface area contributed by atoms with E-state index in [0.29, 0.717) is 12.3 Å². The fourth-order valence-electron chi connectivity index (χ4n) is 1.83. The molecular formula is C9H16ClNO2. The van der Waals surface area contributed by atoms with Crippen LogP contribution >= 0.6 is 11.6 Å². The third-order valence-electron chi connectivity index (χ3n) is 2.48. The predicted molar refractivity (Wildman–Crippen MR) is 51.8 cm³/mol. The van der Waals surface area contributed by atoms with Gasteiger partial charge in [-0.1, -0.05) is 0 Å². The molecule has 4 heteroatoms. The van der Waals surface area contributed by atoms with Crippen molar-refractivity contribution < 1.29 is 9.90 Å². The van der Waals surface area contributed by atoms with E-state index in [1.54, 1.807) is 11.8 Å². The van der Waals surface area contributed by atoms with E-state index in [4.69, 9.17) is 11.6 Å². The minimum atomic E-state index is -0.429. The Morgan fingerprint density at radius 1 is 1.77 bits per heavy atom. The maximum atomic E-state index is 11.5. The molecule has 1 saturated heterocycles. The molecule has 76 valence electrons. The summed E-state index contributed by atoms with van der Waals surface area (Å²) in [5.41, 5.74) is 0. The summed E-state index contributed by atoms with van der Waals surface area (Å²) in [6.07, 6.45) is 1.85. The smallest absolute Gasteiger partial charge is 0.224 e. The van der Waals surface area contributed by atoms with Gasteiger partial charge in [-0.25, -0.2) is 0 Å². The quantitative estimate of drug-likeness (QED) is 0.699. The third kappa shape index (κ3) is 2.58. The Hall–Kier alpha value is -0.280. The lowest BCUT2D eigenvalue weighted by Crippen LogP contribution is -2.41. The second-order valence-electron chi connectivity index (χ2n) is 3.48. The number of amides is 1. The van der Waals surface area contributed by atoms with Gasteiger partial charge in [0, 0.05) is 18.8 Å². The molecule has 0 aliphatic carbocycles. The maximum absolute atomic E-state index is 11.5. The summed E-state index contributed by atoms with van der Waals surface area (Å²) in [6, 6.07) is 0.00992. The molecule has 2 unspecified atom stereocenters. The van der Waals surface area contributed by atoms with Crippen LogP contribution in [-0.2, 0) is 4.79 Å². The van der Waals surface area contributed by atoms with Gasteiger partial charge in [0.25, 0.3) is 0 Å². The van der Waals surface area contributed by atoms with Gasteiger partial charge >= 0.3 is 0 Å². The Morgan fingerprint density at radius 2 is 2.46 bits per heavy atom. The molecule has 2 atom stereocenters. The largest absolute Gasteiger partial charge is 0.391 e. The first-order valence-corrected chi connectivity index (χ1v) is 5.23. The van der Waals surface area contributed by atoms with Crippen LogP contribution in [0.2, 0.25) is 0 Å². The first-order valence-electron chi connectivity index (χ1n) is 4.70. The zero-order valence-electron chi connectivity index (χ0n) is 7.87. The summed E-state index contributed by atoms with van der Waals surface area (Å²) >= 11 is 5.49. The molecule has 3 nitrogen and oxygen atoms in total. The number of aliphatic hydroxyl groups excluding tert-OH is 1. The van der Waals surface area contributed by atoms with Gasteiger partial charge in [-0.15, -0.1) is 11.6 Å². The van der Waals surface area contributed by atoms with Crippen molar-refractivity contribution >= 4 is 17.5 Å². The van der Waals surface area contributed by atoms with Gasteiger partial charge in [-0.05, 0) is 19.8 Å². The molecule has 1 aliphatic rings. The van der Waals surface area contributed by atoms with E-state index in [9.17, 15) is 9.90 Å². The maximum Gasteiger partial charge on any atom is 0.224 e. The van der Waals surface area contributed by atoms with Crippen LogP contribution in [0.5, 0.6) is 0 Å². The molecule has 0 aromatic carbocycles. The predicted octanol–water partition coefficient (Wildman–Crippen LogP) is 0.987. The monoisotopic (exact) mass is 205 g/mol. The van der Waals surface area contributed by atoms with Crippen LogP contribution in [0, 0.1) is 0 Å². The Bertz CT molecular complexity index is 184. The lowest BCUT2D eigenvalue weighted by atomic mass is 10.1. The molecule has 1 rings (SSSR count). The van der Waals surface area contributed by atoms with E-state index < -0.39 is 6.10 Å². The van der Waals surface area contributed by atoms with Gasteiger partial charge in [-0.2, -0.15) is 0 Å². The number of rotatable bonds is 3. The second-order valence-corrected chi connectivity index (χ2v) is 3.85. The van der Waals surface area contributed by atoms with Crippen molar-refractivity contribution in [3.05, 3.63) is 0 Å². The summed E-state index contributed by atoms with van der Waals surface area (Å²) in [5.74, 6) is 0.431. The van der Waals surface area contributed by atoms with Gasteiger partial charge in [0.1, 0.15) is 0 Å². The molecule has 1 heterocycles. The number of halogens is 1. The van der Waals surface area contributed by atoms with Gasteiger partial charge in [0.15, 0.2) is 0 Å². The summed E-state index contributed by atoms with van der Waals surface area (Å²) in [6.45, 7) is 2.50. The molecule has 0 bridgehead atoms. The zero-order chi connectivity index (χ0) is 9.84. The number of alkyl halides is 1. The fraction of sp³-hybridized carbons (Fsp3) is 0.889. The minimum Gasteiger partial charge on any atom is -0.391 e. The number of hydrogen-bond acceptors (Lipinski definition) is 2. The molecule has 0 aromatic rings. The Labute approximate surface area is 83.7 Å². The van der Waals surface area contributed by atoms with Crippen molar-refractivity contribution in [3.8, 4) is 0 Å². The van der Waals surface area contributed by atoms with E-state index in [2.05, 4.69) is 0 Å². The van der Waals surface area contributed by atoms with Gasteiger partial charge in [0.2, 0.25) is 5.91 Å².